The second kappa shape index (κ2) is 5.28. The van der Waals surface area contributed by atoms with Gasteiger partial charge in [0.05, 0.1) is 12.5 Å². The van der Waals surface area contributed by atoms with Crippen molar-refractivity contribution < 1.29 is 22.7 Å². The number of amides is 1. The zero-order valence-electron chi connectivity index (χ0n) is 11.4. The van der Waals surface area contributed by atoms with Crippen LogP contribution in [0.3, 0.4) is 0 Å². The minimum absolute atomic E-state index is 0.143. The number of rotatable bonds is 5. The number of carbonyl (C=O) groups excluding carboxylic acids is 1. The van der Waals surface area contributed by atoms with Gasteiger partial charge < -0.3 is 15.8 Å². The van der Waals surface area contributed by atoms with Gasteiger partial charge in [0.25, 0.3) is 0 Å². The van der Waals surface area contributed by atoms with Crippen LogP contribution in [-0.4, -0.2) is 36.9 Å². The van der Waals surface area contributed by atoms with E-state index < -0.39 is 36.0 Å². The topological polar surface area (TPSA) is 64.3 Å². The molecule has 2 atom stereocenters. The van der Waals surface area contributed by atoms with Crippen LogP contribution < -0.4 is 11.1 Å². The van der Waals surface area contributed by atoms with Gasteiger partial charge in [0, 0.05) is 25.0 Å². The summed E-state index contributed by atoms with van der Waals surface area (Å²) in [7, 11) is 0. The summed E-state index contributed by atoms with van der Waals surface area (Å²) in [5, 5.41) is 2.26. The number of halogens is 3. The van der Waals surface area contributed by atoms with Crippen molar-refractivity contribution in [3.05, 3.63) is 0 Å². The molecule has 0 spiro atoms. The first-order valence-electron chi connectivity index (χ1n) is 6.30. The molecule has 0 saturated heterocycles. The molecule has 1 saturated carbocycles. The van der Waals surface area contributed by atoms with Gasteiger partial charge in [-0.3, -0.25) is 4.79 Å². The molecule has 1 aliphatic carbocycles. The van der Waals surface area contributed by atoms with Gasteiger partial charge in [-0.25, -0.2) is 0 Å². The summed E-state index contributed by atoms with van der Waals surface area (Å²) in [5.74, 6) is -0.544. The standard InChI is InChI=1S/C12H21F3N2O2/c1-4-19-8-7-11(16,10(8,2)3)9(18)17-6-5-12(13,14)15/h8H,4-7,16H2,1-3H3,(H,17,18). The predicted molar refractivity (Wildman–Crippen MR) is 64.4 cm³/mol. The second-order valence-electron chi connectivity index (χ2n) is 5.46. The van der Waals surface area contributed by atoms with Crippen LogP contribution >= 0.6 is 0 Å². The summed E-state index contributed by atoms with van der Waals surface area (Å²) >= 11 is 0. The number of hydrogen-bond donors (Lipinski definition) is 2. The number of hydrogen-bond acceptors (Lipinski definition) is 3. The lowest BCUT2D eigenvalue weighted by molar-refractivity contribution is -0.171. The first kappa shape index (κ1) is 16.2. The van der Waals surface area contributed by atoms with Crippen LogP contribution in [0.25, 0.3) is 0 Å². The molecule has 0 aromatic rings. The molecular formula is C12H21F3N2O2. The molecule has 3 N–H and O–H groups in total. The van der Waals surface area contributed by atoms with E-state index in [2.05, 4.69) is 5.32 Å². The van der Waals surface area contributed by atoms with Crippen LogP contribution in [0.5, 0.6) is 0 Å². The zero-order chi connectivity index (χ0) is 14.9. The summed E-state index contributed by atoms with van der Waals surface area (Å²) in [6.07, 6.45) is -5.15. The lowest BCUT2D eigenvalue weighted by atomic mass is 9.54. The van der Waals surface area contributed by atoms with E-state index in [4.69, 9.17) is 10.5 Å². The van der Waals surface area contributed by atoms with Crippen LogP contribution in [-0.2, 0) is 9.53 Å². The molecule has 0 aromatic heterocycles. The van der Waals surface area contributed by atoms with Gasteiger partial charge in [-0.1, -0.05) is 13.8 Å². The molecule has 2 unspecified atom stereocenters. The fraction of sp³-hybridized carbons (Fsp3) is 0.917. The molecule has 112 valence electrons. The van der Waals surface area contributed by atoms with E-state index in [0.29, 0.717) is 13.0 Å². The fourth-order valence-electron chi connectivity index (χ4n) is 2.30. The Labute approximate surface area is 110 Å². The Morgan fingerprint density at radius 1 is 1.47 bits per heavy atom. The second-order valence-corrected chi connectivity index (χ2v) is 5.46. The highest BCUT2D eigenvalue weighted by molar-refractivity contribution is 5.88. The third kappa shape index (κ3) is 3.20. The maximum atomic E-state index is 12.0. The quantitative estimate of drug-likeness (QED) is 0.805. The monoisotopic (exact) mass is 282 g/mol. The molecule has 0 aliphatic heterocycles. The highest BCUT2D eigenvalue weighted by Crippen LogP contribution is 2.49. The van der Waals surface area contributed by atoms with Gasteiger partial charge in [0.2, 0.25) is 5.91 Å². The molecular weight excluding hydrogens is 261 g/mol. The number of nitrogens with one attached hydrogen (secondary N) is 1. The van der Waals surface area contributed by atoms with Crippen molar-refractivity contribution in [1.82, 2.24) is 5.32 Å². The third-order valence-electron chi connectivity index (χ3n) is 3.93. The molecule has 7 heteroatoms. The summed E-state index contributed by atoms with van der Waals surface area (Å²) in [5.41, 5.74) is 4.26. The molecule has 1 amide bonds. The van der Waals surface area contributed by atoms with Crippen molar-refractivity contribution in [3.8, 4) is 0 Å². The maximum absolute atomic E-state index is 12.0. The molecule has 1 aliphatic rings. The van der Waals surface area contributed by atoms with Gasteiger partial charge in [-0.2, -0.15) is 13.2 Å². The number of nitrogens with two attached hydrogens (primary N) is 1. The molecule has 1 rings (SSSR count). The lowest BCUT2D eigenvalue weighted by Crippen LogP contribution is -2.75. The van der Waals surface area contributed by atoms with Gasteiger partial charge >= 0.3 is 6.18 Å². The van der Waals surface area contributed by atoms with Crippen molar-refractivity contribution in [1.29, 1.82) is 0 Å². The largest absolute Gasteiger partial charge is 0.390 e. The van der Waals surface area contributed by atoms with E-state index in [0.717, 1.165) is 0 Å². The average Bonchev–Trinajstić information content (AvgIpc) is 2.26. The van der Waals surface area contributed by atoms with Crippen LogP contribution in [0.2, 0.25) is 0 Å². The van der Waals surface area contributed by atoms with Crippen molar-refractivity contribution in [3.63, 3.8) is 0 Å². The van der Waals surface area contributed by atoms with Crippen molar-refractivity contribution in [2.75, 3.05) is 13.2 Å². The highest BCUT2D eigenvalue weighted by atomic mass is 19.4. The molecule has 0 bridgehead atoms. The Morgan fingerprint density at radius 2 is 2.05 bits per heavy atom. The van der Waals surface area contributed by atoms with Crippen molar-refractivity contribution >= 4 is 5.91 Å². The van der Waals surface area contributed by atoms with Crippen molar-refractivity contribution in [2.24, 2.45) is 11.1 Å². The Hall–Kier alpha value is -0.820. The van der Waals surface area contributed by atoms with E-state index >= 15 is 0 Å². The van der Waals surface area contributed by atoms with Gasteiger partial charge in [0.15, 0.2) is 0 Å². The van der Waals surface area contributed by atoms with Gasteiger partial charge in [-0.15, -0.1) is 0 Å². The first-order valence-corrected chi connectivity index (χ1v) is 6.30. The van der Waals surface area contributed by atoms with E-state index in [1.807, 2.05) is 6.92 Å². The fourth-order valence-corrected chi connectivity index (χ4v) is 2.30. The summed E-state index contributed by atoms with van der Waals surface area (Å²) in [6, 6.07) is 0. The molecule has 0 aromatic carbocycles. The summed E-state index contributed by atoms with van der Waals surface area (Å²) in [4.78, 5) is 11.9. The Kier molecular flexibility index (Phi) is 4.51. The Morgan fingerprint density at radius 3 is 2.47 bits per heavy atom. The number of alkyl halides is 3. The molecule has 1 fully saturated rings. The number of carbonyl (C=O) groups is 1. The van der Waals surface area contributed by atoms with Crippen LogP contribution in [0.1, 0.15) is 33.6 Å². The molecule has 4 nitrogen and oxygen atoms in total. The summed E-state index contributed by atoms with van der Waals surface area (Å²) < 4.78 is 41.5. The lowest BCUT2D eigenvalue weighted by Gasteiger charge is -2.57. The first-order chi connectivity index (χ1) is 8.54. The predicted octanol–water partition coefficient (Wildman–Crippen LogP) is 1.59. The maximum Gasteiger partial charge on any atom is 0.390 e. The van der Waals surface area contributed by atoms with Crippen LogP contribution in [0, 0.1) is 5.41 Å². The van der Waals surface area contributed by atoms with Gasteiger partial charge in [-0.05, 0) is 6.92 Å². The highest BCUT2D eigenvalue weighted by Gasteiger charge is 2.62. The molecule has 0 radical (unpaired) electrons. The third-order valence-corrected chi connectivity index (χ3v) is 3.93. The Balaban J connectivity index is 2.53. The number of ether oxygens (including phenoxy) is 1. The minimum atomic E-state index is -4.28. The SMILES string of the molecule is CCOC1CC(N)(C(=O)NCCC(F)(F)F)C1(C)C. The minimum Gasteiger partial charge on any atom is -0.378 e. The van der Waals surface area contributed by atoms with E-state index in [9.17, 15) is 18.0 Å². The zero-order valence-corrected chi connectivity index (χ0v) is 11.4. The van der Waals surface area contributed by atoms with Crippen LogP contribution in [0.15, 0.2) is 0 Å². The van der Waals surface area contributed by atoms with Crippen LogP contribution in [0.4, 0.5) is 13.2 Å². The van der Waals surface area contributed by atoms with Crippen molar-refractivity contribution in [2.45, 2.75) is 51.4 Å². The molecule has 0 heterocycles. The molecule has 19 heavy (non-hydrogen) atoms. The normalized spacial score (nSPS) is 29.7. The van der Waals surface area contributed by atoms with E-state index in [-0.39, 0.29) is 6.10 Å². The van der Waals surface area contributed by atoms with E-state index in [1.54, 1.807) is 13.8 Å². The van der Waals surface area contributed by atoms with E-state index in [1.165, 1.54) is 0 Å². The van der Waals surface area contributed by atoms with Gasteiger partial charge in [0.1, 0.15) is 5.54 Å². The average molecular weight is 282 g/mol. The Bertz CT molecular complexity index is 344. The summed E-state index contributed by atoms with van der Waals surface area (Å²) in [6.45, 7) is 5.49. The smallest absolute Gasteiger partial charge is 0.378 e.